The first-order valence-electron chi connectivity index (χ1n) is 7.68. The minimum absolute atomic E-state index is 0.0653. The number of hydrogen-bond acceptors (Lipinski definition) is 4. The van der Waals surface area contributed by atoms with Gasteiger partial charge >= 0.3 is 6.18 Å². The third-order valence-electron chi connectivity index (χ3n) is 3.72. The van der Waals surface area contributed by atoms with Crippen LogP contribution in [0.25, 0.3) is 4.96 Å². The van der Waals surface area contributed by atoms with E-state index in [9.17, 15) is 22.8 Å². The molecule has 0 aliphatic heterocycles. The van der Waals surface area contributed by atoms with Crippen LogP contribution >= 0.6 is 11.3 Å². The van der Waals surface area contributed by atoms with E-state index in [0.717, 1.165) is 12.1 Å². The molecule has 0 atom stereocenters. The van der Waals surface area contributed by atoms with Gasteiger partial charge in [-0.25, -0.2) is 4.98 Å². The Morgan fingerprint density at radius 1 is 1.31 bits per heavy atom. The molecule has 0 radical (unpaired) electrons. The number of carbonyl (C=O) groups excluding carboxylic acids is 1. The lowest BCUT2D eigenvalue weighted by Gasteiger charge is -2.09. The largest absolute Gasteiger partial charge is 0.416 e. The number of aryl methyl sites for hydroxylation is 1. The second kappa shape index (κ2) is 6.91. The standard InChI is InChI=1S/C17H14F3N3O2S/c1-10-7-14(24)23-13(9-26-16(23)22-10)5-6-21-15(25)11-3-2-4-12(8-11)17(18,19)20/h2-4,7-9H,5-6H2,1H3,(H,21,25). The first-order valence-corrected chi connectivity index (χ1v) is 8.56. The predicted octanol–water partition coefficient (Wildman–Crippen LogP) is 3.06. The molecule has 2 heterocycles. The van der Waals surface area contributed by atoms with Crippen LogP contribution in [0.3, 0.4) is 0 Å². The third kappa shape index (κ3) is 3.77. The predicted molar refractivity (Wildman–Crippen MR) is 91.6 cm³/mol. The van der Waals surface area contributed by atoms with Crippen LogP contribution < -0.4 is 10.9 Å². The van der Waals surface area contributed by atoms with Gasteiger partial charge in [0.2, 0.25) is 0 Å². The molecule has 1 aromatic carbocycles. The maximum Gasteiger partial charge on any atom is 0.416 e. The van der Waals surface area contributed by atoms with E-state index in [0.29, 0.717) is 22.8 Å². The lowest BCUT2D eigenvalue weighted by Crippen LogP contribution is -2.27. The summed E-state index contributed by atoms with van der Waals surface area (Å²) < 4.78 is 39.6. The van der Waals surface area contributed by atoms with E-state index in [1.54, 1.807) is 12.3 Å². The zero-order chi connectivity index (χ0) is 18.9. The molecule has 0 bridgehead atoms. The first kappa shape index (κ1) is 18.1. The van der Waals surface area contributed by atoms with Gasteiger partial charge in [-0.2, -0.15) is 13.2 Å². The molecule has 136 valence electrons. The summed E-state index contributed by atoms with van der Waals surface area (Å²) in [6.07, 6.45) is -4.15. The Morgan fingerprint density at radius 3 is 2.81 bits per heavy atom. The van der Waals surface area contributed by atoms with Crippen molar-refractivity contribution >= 4 is 22.2 Å². The summed E-state index contributed by atoms with van der Waals surface area (Å²) >= 11 is 1.32. The molecule has 5 nitrogen and oxygen atoms in total. The van der Waals surface area contributed by atoms with Crippen LogP contribution in [0, 0.1) is 6.92 Å². The fraction of sp³-hybridized carbons (Fsp3) is 0.235. The van der Waals surface area contributed by atoms with E-state index in [1.807, 2.05) is 0 Å². The summed E-state index contributed by atoms with van der Waals surface area (Å²) in [6.45, 7) is 1.91. The van der Waals surface area contributed by atoms with Crippen molar-refractivity contribution in [2.45, 2.75) is 19.5 Å². The number of benzene rings is 1. The zero-order valence-corrected chi connectivity index (χ0v) is 14.4. The van der Waals surface area contributed by atoms with Crippen molar-refractivity contribution in [2.75, 3.05) is 6.54 Å². The number of rotatable bonds is 4. The van der Waals surface area contributed by atoms with E-state index in [2.05, 4.69) is 10.3 Å². The number of fused-ring (bicyclic) bond motifs is 1. The molecule has 2 aromatic heterocycles. The van der Waals surface area contributed by atoms with Gasteiger partial charge < -0.3 is 5.32 Å². The van der Waals surface area contributed by atoms with Gasteiger partial charge in [0.15, 0.2) is 4.96 Å². The van der Waals surface area contributed by atoms with Gasteiger partial charge in [-0.3, -0.25) is 14.0 Å². The van der Waals surface area contributed by atoms with Crippen LogP contribution in [-0.4, -0.2) is 21.8 Å². The highest BCUT2D eigenvalue weighted by atomic mass is 32.1. The summed E-state index contributed by atoms with van der Waals surface area (Å²) in [7, 11) is 0. The molecular formula is C17H14F3N3O2S. The summed E-state index contributed by atoms with van der Waals surface area (Å²) in [4.78, 5) is 29.0. The number of nitrogens with zero attached hydrogens (tertiary/aromatic N) is 2. The minimum atomic E-state index is -4.50. The third-order valence-corrected chi connectivity index (χ3v) is 4.60. The van der Waals surface area contributed by atoms with Gasteiger partial charge in [-0.1, -0.05) is 6.07 Å². The Morgan fingerprint density at radius 2 is 2.08 bits per heavy atom. The Labute approximate surface area is 150 Å². The zero-order valence-electron chi connectivity index (χ0n) is 13.6. The number of thiazole rings is 1. The summed E-state index contributed by atoms with van der Waals surface area (Å²) in [5.41, 5.74) is 0.174. The Kier molecular flexibility index (Phi) is 4.82. The maximum atomic E-state index is 12.7. The number of alkyl halides is 3. The minimum Gasteiger partial charge on any atom is -0.352 e. The van der Waals surface area contributed by atoms with E-state index in [-0.39, 0.29) is 17.7 Å². The number of hydrogen-bond donors (Lipinski definition) is 1. The van der Waals surface area contributed by atoms with Crippen molar-refractivity contribution in [3.05, 3.63) is 68.6 Å². The van der Waals surface area contributed by atoms with Gasteiger partial charge in [0, 0.05) is 41.4 Å². The summed E-state index contributed by atoms with van der Waals surface area (Å²) in [6, 6.07) is 5.66. The van der Waals surface area contributed by atoms with Crippen molar-refractivity contribution in [3.8, 4) is 0 Å². The molecule has 3 aromatic rings. The molecule has 1 amide bonds. The van der Waals surface area contributed by atoms with Crippen LogP contribution in [0.15, 0.2) is 40.5 Å². The molecule has 0 saturated heterocycles. The summed E-state index contributed by atoms with van der Waals surface area (Å²) in [5, 5.41) is 4.35. The molecule has 3 rings (SSSR count). The van der Waals surface area contributed by atoms with Crippen molar-refractivity contribution in [3.63, 3.8) is 0 Å². The molecular weight excluding hydrogens is 367 g/mol. The van der Waals surface area contributed by atoms with Gasteiger partial charge in [-0.05, 0) is 25.1 Å². The molecule has 0 aliphatic rings. The first-order chi connectivity index (χ1) is 12.3. The lowest BCUT2D eigenvalue weighted by atomic mass is 10.1. The molecule has 0 unspecified atom stereocenters. The second-order valence-electron chi connectivity index (χ2n) is 5.67. The smallest absolute Gasteiger partial charge is 0.352 e. The molecule has 26 heavy (non-hydrogen) atoms. The number of amides is 1. The van der Waals surface area contributed by atoms with Gasteiger partial charge in [0.25, 0.3) is 11.5 Å². The SMILES string of the molecule is Cc1cc(=O)n2c(CCNC(=O)c3cccc(C(F)(F)F)c3)csc2n1. The highest BCUT2D eigenvalue weighted by Crippen LogP contribution is 2.29. The van der Waals surface area contributed by atoms with E-state index >= 15 is 0 Å². The average Bonchev–Trinajstić information content (AvgIpc) is 2.97. The van der Waals surface area contributed by atoms with E-state index in [1.165, 1.54) is 33.9 Å². The Bertz CT molecular complexity index is 1020. The van der Waals surface area contributed by atoms with Gasteiger partial charge in [0.1, 0.15) is 0 Å². The van der Waals surface area contributed by atoms with Crippen LogP contribution in [0.4, 0.5) is 13.2 Å². The fourth-order valence-corrected chi connectivity index (χ4v) is 3.48. The highest BCUT2D eigenvalue weighted by molar-refractivity contribution is 7.15. The number of nitrogens with one attached hydrogen (secondary N) is 1. The van der Waals surface area contributed by atoms with Crippen LogP contribution in [0.5, 0.6) is 0 Å². The number of carbonyl (C=O) groups is 1. The van der Waals surface area contributed by atoms with Gasteiger partial charge in [-0.15, -0.1) is 11.3 Å². The topological polar surface area (TPSA) is 63.5 Å². The van der Waals surface area contributed by atoms with Gasteiger partial charge in [0.05, 0.1) is 5.56 Å². The van der Waals surface area contributed by atoms with E-state index in [4.69, 9.17) is 0 Å². The quantitative estimate of drug-likeness (QED) is 0.756. The maximum absolute atomic E-state index is 12.7. The number of aromatic nitrogens is 2. The van der Waals surface area contributed by atoms with Crippen LogP contribution in [-0.2, 0) is 12.6 Å². The normalized spacial score (nSPS) is 11.7. The monoisotopic (exact) mass is 381 g/mol. The van der Waals surface area contributed by atoms with Crippen molar-refractivity contribution in [2.24, 2.45) is 0 Å². The van der Waals surface area contributed by atoms with Crippen LogP contribution in [0.2, 0.25) is 0 Å². The molecule has 0 spiro atoms. The van der Waals surface area contributed by atoms with Crippen LogP contribution in [0.1, 0.15) is 27.3 Å². The molecule has 0 aliphatic carbocycles. The Hall–Kier alpha value is -2.68. The molecule has 9 heteroatoms. The molecule has 1 N–H and O–H groups in total. The van der Waals surface area contributed by atoms with Crippen molar-refractivity contribution in [1.29, 1.82) is 0 Å². The Balaban J connectivity index is 1.69. The lowest BCUT2D eigenvalue weighted by molar-refractivity contribution is -0.137. The van der Waals surface area contributed by atoms with Crippen molar-refractivity contribution < 1.29 is 18.0 Å². The second-order valence-corrected chi connectivity index (χ2v) is 6.50. The summed E-state index contributed by atoms with van der Waals surface area (Å²) in [5.74, 6) is -0.600. The molecule has 0 saturated carbocycles. The fourth-order valence-electron chi connectivity index (χ4n) is 2.50. The van der Waals surface area contributed by atoms with Crippen molar-refractivity contribution in [1.82, 2.24) is 14.7 Å². The highest BCUT2D eigenvalue weighted by Gasteiger charge is 2.30. The molecule has 0 fully saturated rings. The number of halogens is 3. The van der Waals surface area contributed by atoms with E-state index < -0.39 is 17.6 Å². The average molecular weight is 381 g/mol.